The second-order valence-electron chi connectivity index (χ2n) is 6.30. The number of amides is 1. The van der Waals surface area contributed by atoms with Crippen LogP contribution in [-0.2, 0) is 0 Å². The maximum atomic E-state index is 12.8. The first-order valence-electron chi connectivity index (χ1n) is 8.24. The first kappa shape index (κ1) is 13.9. The topological polar surface area (TPSA) is 42.0 Å². The van der Waals surface area contributed by atoms with E-state index in [0.29, 0.717) is 30.6 Å². The Morgan fingerprint density at radius 1 is 1.05 bits per heavy atom. The van der Waals surface area contributed by atoms with E-state index >= 15 is 0 Å². The molecule has 0 radical (unpaired) electrons. The van der Waals surface area contributed by atoms with Gasteiger partial charge in [-0.3, -0.25) is 9.69 Å². The molecule has 3 aliphatic rings. The van der Waals surface area contributed by atoms with E-state index in [1.807, 2.05) is 23.1 Å². The summed E-state index contributed by atoms with van der Waals surface area (Å²) in [5.41, 5.74) is 0.704. The minimum Gasteiger partial charge on any atom is -0.486 e. The van der Waals surface area contributed by atoms with E-state index in [4.69, 9.17) is 9.47 Å². The van der Waals surface area contributed by atoms with Gasteiger partial charge in [0.05, 0.1) is 0 Å². The van der Waals surface area contributed by atoms with Crippen molar-refractivity contribution in [2.24, 2.45) is 0 Å². The van der Waals surface area contributed by atoms with Gasteiger partial charge in [0, 0.05) is 31.2 Å². The molecular weight excluding hydrogens is 280 g/mol. The van der Waals surface area contributed by atoms with Gasteiger partial charge >= 0.3 is 0 Å². The summed E-state index contributed by atoms with van der Waals surface area (Å²) in [5.74, 6) is 1.54. The Balaban J connectivity index is 1.53. The molecule has 0 bridgehead atoms. The average Bonchev–Trinajstić information content (AvgIpc) is 2.90. The highest BCUT2D eigenvalue weighted by Gasteiger charge is 2.31. The van der Waals surface area contributed by atoms with Crippen molar-refractivity contribution in [3.05, 3.63) is 23.8 Å². The molecule has 2 saturated heterocycles. The van der Waals surface area contributed by atoms with E-state index in [1.165, 1.54) is 19.4 Å². The molecule has 22 heavy (non-hydrogen) atoms. The van der Waals surface area contributed by atoms with E-state index in [-0.39, 0.29) is 5.91 Å². The van der Waals surface area contributed by atoms with Crippen molar-refractivity contribution < 1.29 is 14.3 Å². The van der Waals surface area contributed by atoms with Crippen molar-refractivity contribution in [1.82, 2.24) is 9.80 Å². The fraction of sp³-hybridized carbons (Fsp3) is 0.588. The number of hydrogen-bond donors (Lipinski definition) is 0. The SMILES string of the molecule is O=C(c1ccc2c(c1)OCCO2)N1CCCN2CCC[C@@H]2C1. The molecule has 3 heterocycles. The Labute approximate surface area is 130 Å². The van der Waals surface area contributed by atoms with Crippen LogP contribution < -0.4 is 9.47 Å². The zero-order valence-electron chi connectivity index (χ0n) is 12.8. The fourth-order valence-electron chi connectivity index (χ4n) is 3.75. The van der Waals surface area contributed by atoms with Gasteiger partial charge in [0.25, 0.3) is 5.91 Å². The maximum Gasteiger partial charge on any atom is 0.254 e. The van der Waals surface area contributed by atoms with Crippen LogP contribution in [0.1, 0.15) is 29.6 Å². The minimum atomic E-state index is 0.116. The molecule has 0 N–H and O–H groups in total. The molecule has 1 amide bonds. The van der Waals surface area contributed by atoms with Crippen molar-refractivity contribution in [3.8, 4) is 11.5 Å². The summed E-state index contributed by atoms with van der Waals surface area (Å²) in [5, 5.41) is 0. The lowest BCUT2D eigenvalue weighted by atomic mass is 10.1. The van der Waals surface area contributed by atoms with Crippen LogP contribution in [0.2, 0.25) is 0 Å². The Morgan fingerprint density at radius 2 is 1.86 bits per heavy atom. The van der Waals surface area contributed by atoms with Crippen LogP contribution >= 0.6 is 0 Å². The third-order valence-electron chi connectivity index (χ3n) is 4.88. The first-order chi connectivity index (χ1) is 10.8. The monoisotopic (exact) mass is 302 g/mol. The van der Waals surface area contributed by atoms with Gasteiger partial charge in [0.2, 0.25) is 0 Å². The van der Waals surface area contributed by atoms with Crippen LogP contribution in [-0.4, -0.2) is 61.1 Å². The van der Waals surface area contributed by atoms with E-state index in [2.05, 4.69) is 4.90 Å². The van der Waals surface area contributed by atoms with Crippen LogP contribution in [0.5, 0.6) is 11.5 Å². The largest absolute Gasteiger partial charge is 0.486 e. The van der Waals surface area contributed by atoms with E-state index in [9.17, 15) is 4.79 Å². The van der Waals surface area contributed by atoms with Gasteiger partial charge in [-0.25, -0.2) is 0 Å². The summed E-state index contributed by atoms with van der Waals surface area (Å²) >= 11 is 0. The van der Waals surface area contributed by atoms with Gasteiger partial charge < -0.3 is 14.4 Å². The Morgan fingerprint density at radius 3 is 2.77 bits per heavy atom. The minimum absolute atomic E-state index is 0.116. The lowest BCUT2D eigenvalue weighted by Crippen LogP contribution is -2.39. The predicted molar refractivity (Wildman–Crippen MR) is 82.5 cm³/mol. The van der Waals surface area contributed by atoms with Gasteiger partial charge in [0.15, 0.2) is 11.5 Å². The molecule has 5 nitrogen and oxygen atoms in total. The molecule has 1 aromatic rings. The normalized spacial score (nSPS) is 24.7. The third-order valence-corrected chi connectivity index (χ3v) is 4.88. The highest BCUT2D eigenvalue weighted by molar-refractivity contribution is 5.95. The molecule has 0 saturated carbocycles. The van der Waals surface area contributed by atoms with Gasteiger partial charge in [0.1, 0.15) is 13.2 Å². The molecule has 2 fully saturated rings. The summed E-state index contributed by atoms with van der Waals surface area (Å²) < 4.78 is 11.1. The van der Waals surface area contributed by atoms with Crippen LogP contribution in [0.3, 0.4) is 0 Å². The van der Waals surface area contributed by atoms with Gasteiger partial charge in [-0.2, -0.15) is 0 Å². The number of hydrogen-bond acceptors (Lipinski definition) is 4. The van der Waals surface area contributed by atoms with E-state index in [1.54, 1.807) is 0 Å². The molecule has 1 atom stereocenters. The van der Waals surface area contributed by atoms with Crippen LogP contribution in [0.25, 0.3) is 0 Å². The van der Waals surface area contributed by atoms with Crippen molar-refractivity contribution >= 4 is 5.91 Å². The predicted octanol–water partition coefficient (Wildman–Crippen LogP) is 1.77. The number of benzene rings is 1. The summed E-state index contributed by atoms with van der Waals surface area (Å²) in [4.78, 5) is 17.4. The second-order valence-corrected chi connectivity index (χ2v) is 6.30. The van der Waals surface area contributed by atoms with Crippen LogP contribution in [0, 0.1) is 0 Å². The summed E-state index contributed by atoms with van der Waals surface area (Å²) in [7, 11) is 0. The highest BCUT2D eigenvalue weighted by atomic mass is 16.6. The molecule has 1 aromatic carbocycles. The smallest absolute Gasteiger partial charge is 0.254 e. The Hall–Kier alpha value is -1.75. The van der Waals surface area contributed by atoms with E-state index in [0.717, 1.165) is 31.8 Å². The number of ether oxygens (including phenoxy) is 2. The molecule has 3 aliphatic heterocycles. The van der Waals surface area contributed by atoms with E-state index < -0.39 is 0 Å². The number of carbonyl (C=O) groups is 1. The van der Waals surface area contributed by atoms with Gasteiger partial charge in [-0.15, -0.1) is 0 Å². The summed E-state index contributed by atoms with van der Waals surface area (Å²) in [6.45, 7) is 5.13. The average molecular weight is 302 g/mol. The first-order valence-corrected chi connectivity index (χ1v) is 8.24. The molecule has 0 unspecified atom stereocenters. The standard InChI is InChI=1S/C17H22N2O3/c20-17(13-4-5-15-16(11-13)22-10-9-21-15)19-8-2-7-18-6-1-3-14(18)12-19/h4-5,11,14H,1-3,6-10,12H2/t14-/m1/s1. The molecule has 0 spiro atoms. The van der Waals surface area contributed by atoms with Crippen LogP contribution in [0.4, 0.5) is 0 Å². The molecule has 118 valence electrons. The molecule has 0 aliphatic carbocycles. The fourth-order valence-corrected chi connectivity index (χ4v) is 3.75. The second kappa shape index (κ2) is 5.80. The number of nitrogens with zero attached hydrogens (tertiary/aromatic N) is 2. The number of rotatable bonds is 1. The van der Waals surface area contributed by atoms with Crippen molar-refractivity contribution in [2.75, 3.05) is 39.4 Å². The molecule has 5 heteroatoms. The number of carbonyl (C=O) groups excluding carboxylic acids is 1. The maximum absolute atomic E-state index is 12.8. The molecular formula is C17H22N2O3. The summed E-state index contributed by atoms with van der Waals surface area (Å²) in [6.07, 6.45) is 3.54. The third kappa shape index (κ3) is 2.54. The molecule has 4 rings (SSSR count). The van der Waals surface area contributed by atoms with Crippen LogP contribution in [0.15, 0.2) is 18.2 Å². The number of fused-ring (bicyclic) bond motifs is 2. The van der Waals surface area contributed by atoms with Gasteiger partial charge in [-0.1, -0.05) is 0 Å². The van der Waals surface area contributed by atoms with Gasteiger partial charge in [-0.05, 0) is 44.0 Å². The lowest BCUT2D eigenvalue weighted by molar-refractivity contribution is 0.0742. The van der Waals surface area contributed by atoms with Crippen molar-refractivity contribution in [3.63, 3.8) is 0 Å². The summed E-state index contributed by atoms with van der Waals surface area (Å²) in [6, 6.07) is 6.08. The van der Waals surface area contributed by atoms with Crippen molar-refractivity contribution in [2.45, 2.75) is 25.3 Å². The lowest BCUT2D eigenvalue weighted by Gasteiger charge is -2.26. The Kier molecular flexibility index (Phi) is 3.66. The quantitative estimate of drug-likeness (QED) is 0.793. The zero-order valence-corrected chi connectivity index (χ0v) is 12.8. The highest BCUT2D eigenvalue weighted by Crippen LogP contribution is 2.31. The molecule has 0 aromatic heterocycles. The zero-order chi connectivity index (χ0) is 14.9. The van der Waals surface area contributed by atoms with Crippen molar-refractivity contribution in [1.29, 1.82) is 0 Å². The Bertz CT molecular complexity index is 575.